The van der Waals surface area contributed by atoms with E-state index in [9.17, 15) is 4.79 Å². The highest BCUT2D eigenvalue weighted by atomic mass is 16.5. The minimum Gasteiger partial charge on any atom is -0.497 e. The highest BCUT2D eigenvalue weighted by Crippen LogP contribution is 2.23. The Morgan fingerprint density at radius 1 is 1.16 bits per heavy atom. The lowest BCUT2D eigenvalue weighted by atomic mass is 10.1. The zero-order valence-corrected chi connectivity index (χ0v) is 15.0. The smallest absolute Gasteiger partial charge is 0.272 e. The Kier molecular flexibility index (Phi) is 4.76. The number of aryl methyl sites for hydroxylation is 1. The largest absolute Gasteiger partial charge is 0.497 e. The van der Waals surface area contributed by atoms with Crippen LogP contribution < -0.4 is 10.1 Å². The van der Waals surface area contributed by atoms with Crippen LogP contribution >= 0.6 is 0 Å². The fraction of sp³-hybridized carbons (Fsp3) is 0.250. The molecule has 0 aliphatic rings. The van der Waals surface area contributed by atoms with Crippen LogP contribution in [0.3, 0.4) is 0 Å². The lowest BCUT2D eigenvalue weighted by Crippen LogP contribution is -2.17. The summed E-state index contributed by atoms with van der Waals surface area (Å²) in [6.07, 6.45) is 0. The minimum absolute atomic E-state index is 0.154. The summed E-state index contributed by atoms with van der Waals surface area (Å²) in [4.78, 5) is 17.9. The maximum Gasteiger partial charge on any atom is 0.272 e. The number of amides is 1. The van der Waals surface area contributed by atoms with Crippen LogP contribution in [0.1, 0.15) is 21.6 Å². The molecule has 5 nitrogen and oxygen atoms in total. The normalized spacial score (nSPS) is 11.1. The van der Waals surface area contributed by atoms with Crippen molar-refractivity contribution in [3.8, 4) is 5.75 Å². The van der Waals surface area contributed by atoms with E-state index in [0.717, 1.165) is 34.4 Å². The van der Waals surface area contributed by atoms with Gasteiger partial charge in [0, 0.05) is 29.2 Å². The Morgan fingerprint density at radius 2 is 1.96 bits per heavy atom. The lowest BCUT2D eigenvalue weighted by molar-refractivity contribution is 0.102. The van der Waals surface area contributed by atoms with Crippen LogP contribution in [0.2, 0.25) is 0 Å². The van der Waals surface area contributed by atoms with E-state index in [0.29, 0.717) is 5.69 Å². The molecule has 3 aromatic rings. The van der Waals surface area contributed by atoms with Crippen molar-refractivity contribution in [2.24, 2.45) is 0 Å². The molecule has 0 aliphatic carbocycles. The number of carbonyl (C=O) groups excluding carboxylic acids is 1. The van der Waals surface area contributed by atoms with Gasteiger partial charge in [0.25, 0.3) is 5.91 Å². The molecule has 2 N–H and O–H groups in total. The molecule has 2 aromatic carbocycles. The van der Waals surface area contributed by atoms with Gasteiger partial charge in [-0.25, -0.2) is 0 Å². The molecule has 5 heteroatoms. The van der Waals surface area contributed by atoms with Gasteiger partial charge in [0.05, 0.1) is 7.11 Å². The van der Waals surface area contributed by atoms with Gasteiger partial charge in [0.15, 0.2) is 0 Å². The molecule has 130 valence electrons. The van der Waals surface area contributed by atoms with Crippen molar-refractivity contribution in [1.29, 1.82) is 0 Å². The molecular formula is C20H23N3O2. The van der Waals surface area contributed by atoms with Crippen LogP contribution in [0.4, 0.5) is 5.69 Å². The Labute approximate surface area is 147 Å². The summed E-state index contributed by atoms with van der Waals surface area (Å²) in [7, 11) is 5.65. The number of nitrogens with one attached hydrogen (secondary N) is 2. The highest BCUT2D eigenvalue weighted by molar-refractivity contribution is 6.06. The number of rotatable bonds is 5. The highest BCUT2D eigenvalue weighted by Gasteiger charge is 2.13. The van der Waals surface area contributed by atoms with E-state index in [4.69, 9.17) is 4.74 Å². The molecule has 0 bridgehead atoms. The first-order valence-corrected chi connectivity index (χ1v) is 8.18. The zero-order chi connectivity index (χ0) is 18.0. The van der Waals surface area contributed by atoms with Gasteiger partial charge in [-0.15, -0.1) is 0 Å². The molecule has 1 aromatic heterocycles. The summed E-state index contributed by atoms with van der Waals surface area (Å²) >= 11 is 0. The molecular weight excluding hydrogens is 314 g/mol. The number of ether oxygens (including phenoxy) is 1. The zero-order valence-electron chi connectivity index (χ0n) is 15.0. The van der Waals surface area contributed by atoms with Crippen molar-refractivity contribution in [2.75, 3.05) is 26.5 Å². The Morgan fingerprint density at radius 3 is 2.68 bits per heavy atom. The Bertz CT molecular complexity index is 912. The van der Waals surface area contributed by atoms with Gasteiger partial charge in [-0.2, -0.15) is 0 Å². The number of hydrogen-bond donors (Lipinski definition) is 2. The van der Waals surface area contributed by atoms with E-state index in [-0.39, 0.29) is 5.91 Å². The molecule has 3 rings (SSSR count). The summed E-state index contributed by atoms with van der Waals surface area (Å²) in [6.45, 7) is 2.82. The van der Waals surface area contributed by atoms with Crippen LogP contribution in [0, 0.1) is 6.92 Å². The number of H-pyrrole nitrogens is 1. The molecule has 25 heavy (non-hydrogen) atoms. The number of anilines is 1. The van der Waals surface area contributed by atoms with Gasteiger partial charge in [0.1, 0.15) is 11.4 Å². The first-order chi connectivity index (χ1) is 12.0. The van der Waals surface area contributed by atoms with Crippen LogP contribution in [-0.4, -0.2) is 37.0 Å². The van der Waals surface area contributed by atoms with Gasteiger partial charge in [-0.05, 0) is 50.8 Å². The quantitative estimate of drug-likeness (QED) is 0.744. The number of aromatic amines is 1. The third-order valence-corrected chi connectivity index (χ3v) is 4.07. The van der Waals surface area contributed by atoms with Gasteiger partial charge >= 0.3 is 0 Å². The third-order valence-electron chi connectivity index (χ3n) is 4.07. The van der Waals surface area contributed by atoms with Gasteiger partial charge < -0.3 is 19.9 Å². The predicted octanol–water partition coefficient (Wildman–Crippen LogP) is 3.80. The van der Waals surface area contributed by atoms with Gasteiger partial charge in [-0.3, -0.25) is 4.79 Å². The molecule has 0 saturated carbocycles. The van der Waals surface area contributed by atoms with Crippen molar-refractivity contribution >= 4 is 22.5 Å². The number of aromatic nitrogens is 1. The standard InChI is InChI=1S/C20H23N3O2/c1-13-5-8-17(15(9-13)12-23(2)3)22-20(24)19-10-14-6-7-16(25-4)11-18(14)21-19/h5-11,21H,12H2,1-4H3,(H,22,24). The fourth-order valence-electron chi connectivity index (χ4n) is 2.86. The van der Waals surface area contributed by atoms with Crippen LogP contribution in [0.15, 0.2) is 42.5 Å². The Hall–Kier alpha value is -2.79. The number of nitrogens with zero attached hydrogens (tertiary/aromatic N) is 1. The summed E-state index contributed by atoms with van der Waals surface area (Å²) in [6, 6.07) is 13.6. The monoisotopic (exact) mass is 337 g/mol. The van der Waals surface area contributed by atoms with Gasteiger partial charge in [-0.1, -0.05) is 17.7 Å². The summed E-state index contributed by atoms with van der Waals surface area (Å²) in [5.74, 6) is 0.604. The van der Waals surface area contributed by atoms with Crippen molar-refractivity contribution in [3.63, 3.8) is 0 Å². The number of benzene rings is 2. The molecule has 0 unspecified atom stereocenters. The van der Waals surface area contributed by atoms with Crippen molar-refractivity contribution in [2.45, 2.75) is 13.5 Å². The first kappa shape index (κ1) is 17.0. The molecule has 1 heterocycles. The number of carbonyl (C=O) groups is 1. The molecule has 0 saturated heterocycles. The maximum atomic E-state index is 12.7. The maximum absolute atomic E-state index is 12.7. The topological polar surface area (TPSA) is 57.4 Å². The van der Waals surface area contributed by atoms with E-state index < -0.39 is 0 Å². The second kappa shape index (κ2) is 6.99. The molecule has 1 amide bonds. The molecule has 0 atom stereocenters. The van der Waals surface area contributed by atoms with Crippen molar-refractivity contribution in [1.82, 2.24) is 9.88 Å². The summed E-state index contributed by atoms with van der Waals surface area (Å²) < 4.78 is 5.23. The van der Waals surface area contributed by atoms with Crippen molar-refractivity contribution in [3.05, 3.63) is 59.3 Å². The molecule has 0 spiro atoms. The lowest BCUT2D eigenvalue weighted by Gasteiger charge is -2.15. The van der Waals surface area contributed by atoms with Crippen LogP contribution in [0.5, 0.6) is 5.75 Å². The van der Waals surface area contributed by atoms with E-state index in [1.165, 1.54) is 5.56 Å². The van der Waals surface area contributed by atoms with E-state index >= 15 is 0 Å². The number of fused-ring (bicyclic) bond motifs is 1. The fourth-order valence-corrected chi connectivity index (χ4v) is 2.86. The molecule has 0 radical (unpaired) electrons. The SMILES string of the molecule is COc1ccc2cc(C(=O)Nc3ccc(C)cc3CN(C)C)[nH]c2c1. The van der Waals surface area contributed by atoms with E-state index in [1.54, 1.807) is 7.11 Å². The average Bonchev–Trinajstić information content (AvgIpc) is 2.99. The second-order valence-corrected chi connectivity index (χ2v) is 6.49. The second-order valence-electron chi connectivity index (χ2n) is 6.49. The van der Waals surface area contributed by atoms with E-state index in [2.05, 4.69) is 28.2 Å². The number of methoxy groups -OCH3 is 1. The van der Waals surface area contributed by atoms with Crippen LogP contribution in [0.25, 0.3) is 10.9 Å². The van der Waals surface area contributed by atoms with Gasteiger partial charge in [0.2, 0.25) is 0 Å². The minimum atomic E-state index is -0.154. The number of hydrogen-bond acceptors (Lipinski definition) is 3. The van der Waals surface area contributed by atoms with Crippen molar-refractivity contribution < 1.29 is 9.53 Å². The van der Waals surface area contributed by atoms with E-state index in [1.807, 2.05) is 50.5 Å². The third kappa shape index (κ3) is 3.83. The first-order valence-electron chi connectivity index (χ1n) is 8.18. The summed E-state index contributed by atoms with van der Waals surface area (Å²) in [5.41, 5.74) is 4.51. The van der Waals surface area contributed by atoms with Crippen LogP contribution in [-0.2, 0) is 6.54 Å². The Balaban J connectivity index is 1.87. The predicted molar refractivity (Wildman–Crippen MR) is 101 cm³/mol. The molecule has 0 aliphatic heterocycles. The molecule has 0 fully saturated rings. The summed E-state index contributed by atoms with van der Waals surface area (Å²) in [5, 5.41) is 4.00. The average molecular weight is 337 g/mol.